The van der Waals surface area contributed by atoms with Crippen molar-refractivity contribution in [2.45, 2.75) is 19.8 Å². The average Bonchev–Trinajstić information content (AvgIpc) is 2.05. The van der Waals surface area contributed by atoms with Crippen LogP contribution in [0.25, 0.3) is 0 Å². The van der Waals surface area contributed by atoms with Crippen molar-refractivity contribution in [2.75, 3.05) is 0 Å². The maximum absolute atomic E-state index is 3.81. The SMILES string of the molecule is [CH2+]Cc1ccc(CC)cc1. The summed E-state index contributed by atoms with van der Waals surface area (Å²) in [5.74, 6) is 0. The van der Waals surface area contributed by atoms with Gasteiger partial charge in [-0.25, -0.2) is 0 Å². The summed E-state index contributed by atoms with van der Waals surface area (Å²) in [6.45, 7) is 5.98. The zero-order chi connectivity index (χ0) is 7.40. The van der Waals surface area contributed by atoms with Gasteiger partial charge in [0.1, 0.15) is 6.42 Å². The lowest BCUT2D eigenvalue weighted by molar-refractivity contribution is 1.13. The molecule has 0 unspecified atom stereocenters. The summed E-state index contributed by atoms with van der Waals surface area (Å²) in [6, 6.07) is 8.62. The molecule has 0 aliphatic heterocycles. The molecular formula is C10H13+. The van der Waals surface area contributed by atoms with Crippen molar-refractivity contribution in [3.8, 4) is 0 Å². The van der Waals surface area contributed by atoms with Crippen LogP contribution in [0, 0.1) is 6.92 Å². The quantitative estimate of drug-likeness (QED) is 0.544. The monoisotopic (exact) mass is 133 g/mol. The first-order valence-electron chi connectivity index (χ1n) is 3.74. The summed E-state index contributed by atoms with van der Waals surface area (Å²) in [4.78, 5) is 0. The molecule has 0 aromatic heterocycles. The standard InChI is InChI=1S/C10H13/c1-3-9-5-7-10(4-2)8-6-9/h5-8H,1,3-4H2,2H3/q+1. The van der Waals surface area contributed by atoms with E-state index in [0.29, 0.717) is 0 Å². The molecule has 1 rings (SSSR count). The average molecular weight is 133 g/mol. The van der Waals surface area contributed by atoms with Crippen LogP contribution in [0.1, 0.15) is 18.1 Å². The second-order valence-electron chi connectivity index (χ2n) is 2.42. The third-order valence-electron chi connectivity index (χ3n) is 1.72. The molecule has 0 bridgehead atoms. The summed E-state index contributed by atoms with van der Waals surface area (Å²) in [5, 5.41) is 0. The van der Waals surface area contributed by atoms with E-state index in [1.807, 2.05) is 0 Å². The Morgan fingerprint density at radius 3 is 2.00 bits per heavy atom. The number of hydrogen-bond donors (Lipinski definition) is 0. The molecule has 0 N–H and O–H groups in total. The first-order chi connectivity index (χ1) is 4.86. The van der Waals surface area contributed by atoms with Crippen LogP contribution < -0.4 is 0 Å². The molecule has 0 amide bonds. The van der Waals surface area contributed by atoms with Crippen LogP contribution in [0.15, 0.2) is 24.3 Å². The number of benzene rings is 1. The van der Waals surface area contributed by atoms with E-state index in [9.17, 15) is 0 Å². The highest BCUT2D eigenvalue weighted by molar-refractivity contribution is 5.22. The van der Waals surface area contributed by atoms with Crippen molar-refractivity contribution >= 4 is 0 Å². The summed E-state index contributed by atoms with van der Waals surface area (Å²) >= 11 is 0. The minimum Gasteiger partial charge on any atom is -0.0613 e. The molecule has 10 heavy (non-hydrogen) atoms. The van der Waals surface area contributed by atoms with Gasteiger partial charge >= 0.3 is 0 Å². The minimum atomic E-state index is 0.893. The van der Waals surface area contributed by atoms with Gasteiger partial charge in [0.25, 0.3) is 0 Å². The number of aryl methyl sites for hydroxylation is 1. The largest absolute Gasteiger partial charge is 0.110 e. The van der Waals surface area contributed by atoms with Crippen LogP contribution in [-0.4, -0.2) is 0 Å². The lowest BCUT2D eigenvalue weighted by Crippen LogP contribution is -1.82. The first-order valence-corrected chi connectivity index (χ1v) is 3.74. The van der Waals surface area contributed by atoms with E-state index in [2.05, 4.69) is 38.1 Å². The molecular weight excluding hydrogens is 120 g/mol. The number of hydrogen-bond acceptors (Lipinski definition) is 0. The van der Waals surface area contributed by atoms with Crippen LogP contribution in [0.3, 0.4) is 0 Å². The van der Waals surface area contributed by atoms with Crippen LogP contribution in [0.2, 0.25) is 0 Å². The van der Waals surface area contributed by atoms with Crippen molar-refractivity contribution in [3.05, 3.63) is 42.3 Å². The predicted octanol–water partition coefficient (Wildman–Crippen LogP) is 2.63. The van der Waals surface area contributed by atoms with E-state index in [-0.39, 0.29) is 0 Å². The third-order valence-corrected chi connectivity index (χ3v) is 1.72. The molecule has 0 saturated heterocycles. The summed E-state index contributed by atoms with van der Waals surface area (Å²) < 4.78 is 0. The Labute approximate surface area is 62.9 Å². The zero-order valence-corrected chi connectivity index (χ0v) is 6.43. The molecule has 52 valence electrons. The molecule has 0 nitrogen and oxygen atoms in total. The topological polar surface area (TPSA) is 0 Å². The van der Waals surface area contributed by atoms with Gasteiger partial charge in [0, 0.05) is 0 Å². The molecule has 0 aliphatic rings. The van der Waals surface area contributed by atoms with Gasteiger partial charge in [0.05, 0.1) is 6.92 Å². The molecule has 1 aromatic carbocycles. The normalized spacial score (nSPS) is 9.70. The van der Waals surface area contributed by atoms with Gasteiger partial charge in [-0.15, -0.1) is 0 Å². The molecule has 0 spiro atoms. The van der Waals surface area contributed by atoms with Gasteiger partial charge in [-0.1, -0.05) is 31.2 Å². The van der Waals surface area contributed by atoms with E-state index in [4.69, 9.17) is 0 Å². The van der Waals surface area contributed by atoms with Crippen molar-refractivity contribution in [2.24, 2.45) is 0 Å². The van der Waals surface area contributed by atoms with Gasteiger partial charge < -0.3 is 0 Å². The third kappa shape index (κ3) is 1.53. The minimum absolute atomic E-state index is 0.893. The summed E-state index contributed by atoms with van der Waals surface area (Å²) in [7, 11) is 0. The Hall–Kier alpha value is -0.910. The van der Waals surface area contributed by atoms with Crippen LogP contribution in [0.4, 0.5) is 0 Å². The zero-order valence-electron chi connectivity index (χ0n) is 6.43. The highest BCUT2D eigenvalue weighted by Crippen LogP contribution is 2.04. The fourth-order valence-electron chi connectivity index (χ4n) is 0.942. The smallest absolute Gasteiger partial charge is 0.0613 e. The fraction of sp³-hybridized carbons (Fsp3) is 0.300. The van der Waals surface area contributed by atoms with Gasteiger partial charge in [-0.05, 0) is 17.5 Å². The van der Waals surface area contributed by atoms with E-state index in [1.165, 1.54) is 11.1 Å². The Kier molecular flexibility index (Phi) is 2.38. The fourth-order valence-corrected chi connectivity index (χ4v) is 0.942. The van der Waals surface area contributed by atoms with Gasteiger partial charge in [-0.3, -0.25) is 0 Å². The predicted molar refractivity (Wildman–Crippen MR) is 44.9 cm³/mol. The summed E-state index contributed by atoms with van der Waals surface area (Å²) in [5.41, 5.74) is 2.72. The molecule has 0 heterocycles. The van der Waals surface area contributed by atoms with Gasteiger partial charge in [0.2, 0.25) is 0 Å². The van der Waals surface area contributed by atoms with E-state index >= 15 is 0 Å². The van der Waals surface area contributed by atoms with Crippen LogP contribution >= 0.6 is 0 Å². The lowest BCUT2D eigenvalue weighted by atomic mass is 10.1. The van der Waals surface area contributed by atoms with Crippen molar-refractivity contribution in [3.63, 3.8) is 0 Å². The van der Waals surface area contributed by atoms with Crippen LogP contribution in [0.5, 0.6) is 0 Å². The van der Waals surface area contributed by atoms with Gasteiger partial charge in [-0.2, -0.15) is 0 Å². The Bertz CT molecular complexity index is 161. The summed E-state index contributed by atoms with van der Waals surface area (Å²) in [6.07, 6.45) is 2.02. The highest BCUT2D eigenvalue weighted by atomic mass is 13.9. The molecule has 0 aliphatic carbocycles. The van der Waals surface area contributed by atoms with Gasteiger partial charge in [0.15, 0.2) is 0 Å². The maximum Gasteiger partial charge on any atom is 0.110 e. The Balaban J connectivity index is 2.80. The molecule has 0 atom stereocenters. The Morgan fingerprint density at radius 1 is 1.10 bits per heavy atom. The van der Waals surface area contributed by atoms with E-state index < -0.39 is 0 Å². The number of rotatable bonds is 2. The van der Waals surface area contributed by atoms with E-state index in [0.717, 1.165) is 12.8 Å². The second-order valence-corrected chi connectivity index (χ2v) is 2.42. The van der Waals surface area contributed by atoms with E-state index in [1.54, 1.807) is 0 Å². The van der Waals surface area contributed by atoms with Crippen molar-refractivity contribution in [1.82, 2.24) is 0 Å². The molecule has 0 fully saturated rings. The first kappa shape index (κ1) is 7.20. The van der Waals surface area contributed by atoms with Crippen molar-refractivity contribution in [1.29, 1.82) is 0 Å². The molecule has 0 heteroatoms. The van der Waals surface area contributed by atoms with Crippen LogP contribution in [-0.2, 0) is 12.8 Å². The lowest BCUT2D eigenvalue weighted by Gasteiger charge is -1.95. The Morgan fingerprint density at radius 2 is 1.60 bits per heavy atom. The highest BCUT2D eigenvalue weighted by Gasteiger charge is 1.91. The second kappa shape index (κ2) is 3.31. The molecule has 1 aromatic rings. The van der Waals surface area contributed by atoms with Crippen molar-refractivity contribution < 1.29 is 0 Å². The maximum atomic E-state index is 3.81. The molecule has 0 radical (unpaired) electrons. The molecule has 0 saturated carbocycles.